The van der Waals surface area contributed by atoms with E-state index in [0.29, 0.717) is 5.56 Å². The van der Waals surface area contributed by atoms with Crippen LogP contribution in [0.3, 0.4) is 0 Å². The van der Waals surface area contributed by atoms with Crippen LogP contribution in [0.5, 0.6) is 0 Å². The Labute approximate surface area is 305 Å². The van der Waals surface area contributed by atoms with Gasteiger partial charge in [-0.3, -0.25) is 0 Å². The van der Waals surface area contributed by atoms with Crippen molar-refractivity contribution in [2.75, 3.05) is 4.90 Å². The zero-order valence-electron chi connectivity index (χ0n) is 31.8. The molecule has 1 heteroatoms. The molecule has 0 saturated carbocycles. The lowest BCUT2D eigenvalue weighted by Gasteiger charge is -2.26. The summed E-state index contributed by atoms with van der Waals surface area (Å²) in [6.07, 6.45) is 0. The molecule has 9 aromatic carbocycles. The molecule has 0 aliphatic carbocycles. The number of benzene rings is 9. The Hall–Kier alpha value is -6.70. The average molecular weight is 654 g/mol. The molecule has 9 aromatic rings. The highest BCUT2D eigenvalue weighted by molar-refractivity contribution is 6.04. The zero-order chi connectivity index (χ0) is 37.5. The van der Waals surface area contributed by atoms with Gasteiger partial charge in [0.25, 0.3) is 0 Å². The van der Waals surface area contributed by atoms with Crippen LogP contribution in [0.1, 0.15) is 5.48 Å². The van der Waals surface area contributed by atoms with Gasteiger partial charge < -0.3 is 4.90 Å². The molecule has 0 aliphatic rings. The van der Waals surface area contributed by atoms with Crippen LogP contribution in [0.15, 0.2) is 212 Å². The van der Waals surface area contributed by atoms with Gasteiger partial charge in [-0.05, 0) is 102 Å². The predicted molar refractivity (Wildman–Crippen MR) is 218 cm³/mol. The zero-order valence-corrected chi connectivity index (χ0v) is 27.8. The summed E-state index contributed by atoms with van der Waals surface area (Å²) in [7, 11) is 0. The quantitative estimate of drug-likeness (QED) is 0.165. The highest BCUT2D eigenvalue weighted by atomic mass is 15.1. The van der Waals surface area contributed by atoms with Crippen molar-refractivity contribution in [2.45, 2.75) is 0 Å². The van der Waals surface area contributed by atoms with Gasteiger partial charge in [-0.1, -0.05) is 176 Å². The lowest BCUT2D eigenvalue weighted by atomic mass is 9.90. The smallest absolute Gasteiger partial charge is 0.0645 e. The van der Waals surface area contributed by atoms with E-state index in [1.807, 2.05) is 114 Å². The molecule has 0 radical (unpaired) electrons. The fourth-order valence-corrected chi connectivity index (χ4v) is 6.96. The van der Waals surface area contributed by atoms with E-state index in [1.54, 1.807) is 0 Å². The second kappa shape index (κ2) is 13.3. The molecule has 0 atom stereocenters. The minimum Gasteiger partial charge on any atom is -0.310 e. The van der Waals surface area contributed by atoms with E-state index < -0.39 is 0 Å². The molecule has 9 rings (SSSR count). The first kappa shape index (κ1) is 26.2. The van der Waals surface area contributed by atoms with Crippen molar-refractivity contribution in [2.24, 2.45) is 0 Å². The summed E-state index contributed by atoms with van der Waals surface area (Å²) in [6, 6.07) is 62.9. The highest BCUT2D eigenvalue weighted by Crippen LogP contribution is 2.41. The van der Waals surface area contributed by atoms with E-state index in [0.717, 1.165) is 55.5 Å². The summed E-state index contributed by atoms with van der Waals surface area (Å²) in [5.74, 6) is 0. The molecule has 0 N–H and O–H groups in total. The van der Waals surface area contributed by atoms with Crippen LogP contribution in [0.25, 0.3) is 66.1 Å². The molecular weight excluding hydrogens is 615 g/mol. The first-order valence-corrected chi connectivity index (χ1v) is 17.2. The second-order valence-corrected chi connectivity index (χ2v) is 12.7. The number of rotatable bonds is 7. The third-order valence-electron chi connectivity index (χ3n) is 9.54. The van der Waals surface area contributed by atoms with Gasteiger partial charge in [0.15, 0.2) is 0 Å². The van der Waals surface area contributed by atoms with E-state index in [-0.39, 0.29) is 35.4 Å². The van der Waals surface area contributed by atoms with Gasteiger partial charge >= 0.3 is 0 Å². The molecule has 51 heavy (non-hydrogen) atoms. The lowest BCUT2D eigenvalue weighted by molar-refractivity contribution is 1.29. The van der Waals surface area contributed by atoms with Crippen molar-refractivity contribution in [3.63, 3.8) is 0 Å². The monoisotopic (exact) mass is 653 g/mol. The number of hydrogen-bond acceptors (Lipinski definition) is 1. The first-order chi connectivity index (χ1) is 27.0. The van der Waals surface area contributed by atoms with E-state index >= 15 is 0 Å². The van der Waals surface area contributed by atoms with Crippen molar-refractivity contribution in [1.82, 2.24) is 0 Å². The van der Waals surface area contributed by atoms with Crippen molar-refractivity contribution in [1.29, 1.82) is 0 Å². The number of fused-ring (bicyclic) bond motifs is 2. The first-order valence-electron chi connectivity index (χ1n) is 19.2. The topological polar surface area (TPSA) is 3.24 Å². The van der Waals surface area contributed by atoms with Gasteiger partial charge in [0.1, 0.15) is 0 Å². The number of nitrogens with zero attached hydrogens (tertiary/aromatic N) is 1. The maximum atomic E-state index is 9.44. The Balaban J connectivity index is 1.19. The normalized spacial score (nSPS) is 12.2. The van der Waals surface area contributed by atoms with Crippen molar-refractivity contribution < 1.29 is 5.48 Å². The predicted octanol–water partition coefficient (Wildman–Crippen LogP) is 14.1. The van der Waals surface area contributed by atoms with E-state index in [2.05, 4.69) is 78.9 Å². The Morgan fingerprint density at radius 2 is 0.824 bits per heavy atom. The van der Waals surface area contributed by atoms with E-state index in [1.165, 1.54) is 10.8 Å². The summed E-state index contributed by atoms with van der Waals surface area (Å²) in [5.41, 5.74) is 9.06. The van der Waals surface area contributed by atoms with Gasteiger partial charge in [0.05, 0.1) is 5.48 Å². The van der Waals surface area contributed by atoms with Gasteiger partial charge in [-0.2, -0.15) is 0 Å². The molecule has 0 aromatic heterocycles. The molecule has 0 heterocycles. The molecule has 0 spiro atoms. The molecule has 0 aliphatic heterocycles. The maximum Gasteiger partial charge on any atom is 0.0645 e. The van der Waals surface area contributed by atoms with Gasteiger partial charge in [-0.15, -0.1) is 0 Å². The Bertz CT molecular complexity index is 2810. The minimum absolute atomic E-state index is 0.0884. The molecule has 0 saturated heterocycles. The van der Waals surface area contributed by atoms with Crippen LogP contribution in [0.4, 0.5) is 17.1 Å². The van der Waals surface area contributed by atoms with Crippen molar-refractivity contribution in [3.8, 4) is 44.5 Å². The van der Waals surface area contributed by atoms with Crippen LogP contribution >= 0.6 is 0 Å². The van der Waals surface area contributed by atoms with Crippen molar-refractivity contribution >= 4 is 38.6 Å². The highest BCUT2D eigenvalue weighted by Gasteiger charge is 2.16. The molecule has 0 amide bonds. The third-order valence-corrected chi connectivity index (χ3v) is 9.54. The summed E-state index contributed by atoms with van der Waals surface area (Å²) in [5, 5.41) is 4.42. The molecule has 0 fully saturated rings. The molecule has 0 bridgehead atoms. The van der Waals surface area contributed by atoms with Crippen LogP contribution < -0.4 is 4.90 Å². The average Bonchev–Trinajstić information content (AvgIpc) is 3.25. The fraction of sp³-hybridized carbons (Fsp3) is 0. The maximum absolute atomic E-state index is 9.44. The Morgan fingerprint density at radius 1 is 0.314 bits per heavy atom. The summed E-state index contributed by atoms with van der Waals surface area (Å²) >= 11 is 0. The number of anilines is 3. The van der Waals surface area contributed by atoms with Crippen LogP contribution in [0.2, 0.25) is 0 Å². The molecule has 1 nitrogen and oxygen atoms in total. The van der Waals surface area contributed by atoms with Gasteiger partial charge in [-0.25, -0.2) is 0 Å². The SMILES string of the molecule is [2H]c1c([2H])c(N(c2ccc(-c3ccc4ccccc4c3-c3ccccc3)cc2)c2ccc3ccccc3c2)c([2H])c([2H])c1-c1ccc(-c2ccccc2)cc1. The molecule has 240 valence electrons. The fourth-order valence-electron chi connectivity index (χ4n) is 6.96. The Morgan fingerprint density at radius 3 is 1.53 bits per heavy atom. The largest absolute Gasteiger partial charge is 0.310 e. The molecular formula is C50H35N. The van der Waals surface area contributed by atoms with Crippen molar-refractivity contribution in [3.05, 3.63) is 212 Å². The second-order valence-electron chi connectivity index (χ2n) is 12.7. The Kier molecular flexibility index (Phi) is 6.84. The summed E-state index contributed by atoms with van der Waals surface area (Å²) in [6.45, 7) is 0. The lowest BCUT2D eigenvalue weighted by Crippen LogP contribution is -2.09. The molecule has 0 unspecified atom stereocenters. The van der Waals surface area contributed by atoms with Crippen LogP contribution in [0, 0.1) is 0 Å². The van der Waals surface area contributed by atoms with Gasteiger partial charge in [0, 0.05) is 17.1 Å². The van der Waals surface area contributed by atoms with Gasteiger partial charge in [0.2, 0.25) is 0 Å². The number of hydrogen-bond donors (Lipinski definition) is 0. The van der Waals surface area contributed by atoms with Crippen LogP contribution in [-0.4, -0.2) is 0 Å². The van der Waals surface area contributed by atoms with E-state index in [9.17, 15) is 5.48 Å². The third kappa shape index (κ3) is 5.96. The minimum atomic E-state index is -0.110. The van der Waals surface area contributed by atoms with Crippen LogP contribution in [-0.2, 0) is 0 Å². The van der Waals surface area contributed by atoms with E-state index in [4.69, 9.17) is 0 Å². The summed E-state index contributed by atoms with van der Waals surface area (Å²) in [4.78, 5) is 1.86. The standard InChI is InChI=1S/C50H35N/c1-3-11-36(12-4-1)38-19-21-39(22-20-38)40-23-29-45(30-24-40)51(47-33-25-37-13-7-8-17-44(37)35-47)46-31-26-42(27-32-46)49-34-28-41-14-9-10-18-48(41)50(49)43-15-5-2-6-16-43/h1-35H/i23D,24D,29D,30D. The summed E-state index contributed by atoms with van der Waals surface area (Å²) < 4.78 is 37.4.